The van der Waals surface area contributed by atoms with E-state index in [1.165, 1.54) is 32.7 Å². The summed E-state index contributed by atoms with van der Waals surface area (Å²) < 4.78 is 4.08. The molecule has 35 heavy (non-hydrogen) atoms. The lowest BCUT2D eigenvalue weighted by Crippen LogP contribution is -2.47. The second-order valence-electron chi connectivity index (χ2n) is 9.22. The summed E-state index contributed by atoms with van der Waals surface area (Å²) in [4.78, 5) is 14.7. The Balaban J connectivity index is 1.33. The number of hydrogen-bond donors (Lipinski definition) is 1. The van der Waals surface area contributed by atoms with Gasteiger partial charge in [0, 0.05) is 30.4 Å². The predicted octanol–water partition coefficient (Wildman–Crippen LogP) is 5.55. The van der Waals surface area contributed by atoms with Crippen molar-refractivity contribution in [2.75, 3.05) is 0 Å². The van der Waals surface area contributed by atoms with Crippen molar-refractivity contribution in [3.05, 3.63) is 113 Å². The number of rotatable bonds is 6. The van der Waals surface area contributed by atoms with Gasteiger partial charge in [-0.05, 0) is 85.2 Å². The Morgan fingerprint density at radius 1 is 1.00 bits per heavy atom. The zero-order valence-corrected chi connectivity index (χ0v) is 21.2. The molecule has 0 aliphatic carbocycles. The van der Waals surface area contributed by atoms with E-state index in [0.29, 0.717) is 13.0 Å². The molecule has 1 aliphatic rings. The van der Waals surface area contributed by atoms with Crippen molar-refractivity contribution >= 4 is 17.9 Å². The number of carbonyl (C=O) groups excluding carboxylic acids is 1. The molecule has 0 spiro atoms. The zero-order valence-electron chi connectivity index (χ0n) is 20.4. The van der Waals surface area contributed by atoms with Crippen molar-refractivity contribution in [3.63, 3.8) is 0 Å². The molecule has 5 nitrogen and oxygen atoms in total. The summed E-state index contributed by atoms with van der Waals surface area (Å²) in [5, 5.41) is 7.46. The van der Waals surface area contributed by atoms with E-state index in [-0.39, 0.29) is 11.9 Å². The monoisotopic (exact) mass is 482 g/mol. The summed E-state index contributed by atoms with van der Waals surface area (Å²) in [6.45, 7) is 7.68. The van der Waals surface area contributed by atoms with Crippen molar-refractivity contribution in [1.82, 2.24) is 19.4 Å². The van der Waals surface area contributed by atoms with Crippen LogP contribution in [0.25, 0.3) is 5.69 Å². The van der Waals surface area contributed by atoms with E-state index in [1.54, 1.807) is 18.1 Å². The van der Waals surface area contributed by atoms with E-state index in [4.69, 9.17) is 0 Å². The lowest BCUT2D eigenvalue weighted by molar-refractivity contribution is -0.125. The van der Waals surface area contributed by atoms with Crippen molar-refractivity contribution < 1.29 is 4.79 Å². The molecule has 0 saturated carbocycles. The van der Waals surface area contributed by atoms with Gasteiger partial charge in [0.05, 0.1) is 5.69 Å². The molecule has 0 bridgehead atoms. The van der Waals surface area contributed by atoms with Crippen LogP contribution in [0.1, 0.15) is 33.4 Å². The average Bonchev–Trinajstić information content (AvgIpc) is 3.39. The smallest absolute Gasteiger partial charge is 0.238 e. The molecular formula is C29H30N4OS. The summed E-state index contributed by atoms with van der Waals surface area (Å²) in [5.74, 6) is 0.0607. The summed E-state index contributed by atoms with van der Waals surface area (Å²) in [6.07, 6.45) is 4.39. The zero-order chi connectivity index (χ0) is 24.4. The van der Waals surface area contributed by atoms with Gasteiger partial charge in [-0.25, -0.2) is 8.99 Å². The standard InChI is InChI=1S/C29H30N4OS/c1-20-15-21(2)28(22(3)16-20)35-33-19-25-8-5-4-7-24(25)17-27(33)29(34)30-18-23-9-11-26(12-10-23)32-14-6-13-31-32/h4-16,27H,17-19H2,1-3H3,(H,30,34). The average molecular weight is 483 g/mol. The molecule has 5 rings (SSSR count). The highest BCUT2D eigenvalue weighted by Gasteiger charge is 2.32. The molecule has 3 aromatic carbocycles. The number of benzene rings is 3. The minimum Gasteiger partial charge on any atom is -0.351 e. The highest BCUT2D eigenvalue weighted by Crippen LogP contribution is 2.36. The van der Waals surface area contributed by atoms with Crippen LogP contribution in [0.3, 0.4) is 0 Å². The summed E-state index contributed by atoms with van der Waals surface area (Å²) in [7, 11) is 0. The maximum Gasteiger partial charge on any atom is 0.238 e. The minimum atomic E-state index is -0.238. The first kappa shape index (κ1) is 23.4. The van der Waals surface area contributed by atoms with E-state index >= 15 is 0 Å². The molecule has 1 amide bonds. The molecule has 4 aromatic rings. The first-order valence-electron chi connectivity index (χ1n) is 11.9. The third-order valence-corrected chi connectivity index (χ3v) is 7.94. The molecule has 2 heterocycles. The van der Waals surface area contributed by atoms with E-state index in [1.807, 2.05) is 41.2 Å². The maximum absolute atomic E-state index is 13.5. The topological polar surface area (TPSA) is 50.2 Å². The van der Waals surface area contributed by atoms with Crippen LogP contribution in [0.15, 0.2) is 84.0 Å². The quantitative estimate of drug-likeness (QED) is 0.366. The number of amides is 1. The van der Waals surface area contributed by atoms with E-state index in [0.717, 1.165) is 17.8 Å². The predicted molar refractivity (Wildman–Crippen MR) is 141 cm³/mol. The van der Waals surface area contributed by atoms with Crippen LogP contribution < -0.4 is 5.32 Å². The van der Waals surface area contributed by atoms with Crippen molar-refractivity contribution in [1.29, 1.82) is 0 Å². The Hall–Kier alpha value is -3.35. The fourth-order valence-corrected chi connectivity index (χ4v) is 5.88. The molecule has 1 aliphatic heterocycles. The Labute approximate surface area is 211 Å². The molecule has 0 saturated heterocycles. The third kappa shape index (κ3) is 5.19. The molecule has 0 fully saturated rings. The number of nitrogens with one attached hydrogen (secondary N) is 1. The number of fused-ring (bicyclic) bond motifs is 1. The Morgan fingerprint density at radius 2 is 1.71 bits per heavy atom. The van der Waals surface area contributed by atoms with Gasteiger partial charge in [-0.1, -0.05) is 54.1 Å². The summed E-state index contributed by atoms with van der Waals surface area (Å²) in [5.41, 5.74) is 8.38. The van der Waals surface area contributed by atoms with Crippen LogP contribution >= 0.6 is 11.9 Å². The van der Waals surface area contributed by atoms with Crippen molar-refractivity contribution in [2.24, 2.45) is 0 Å². The molecule has 1 aromatic heterocycles. The molecule has 0 radical (unpaired) electrons. The first-order valence-corrected chi connectivity index (χ1v) is 12.7. The van der Waals surface area contributed by atoms with Crippen LogP contribution in [0.5, 0.6) is 0 Å². The number of aryl methyl sites for hydroxylation is 3. The minimum absolute atomic E-state index is 0.0607. The van der Waals surface area contributed by atoms with Gasteiger partial charge < -0.3 is 5.32 Å². The van der Waals surface area contributed by atoms with Crippen LogP contribution in [-0.2, 0) is 24.3 Å². The summed E-state index contributed by atoms with van der Waals surface area (Å²) in [6, 6.07) is 22.7. The lowest BCUT2D eigenvalue weighted by Gasteiger charge is -2.35. The molecule has 1 atom stereocenters. The molecular weight excluding hydrogens is 452 g/mol. The van der Waals surface area contributed by atoms with Gasteiger partial charge in [0.2, 0.25) is 5.91 Å². The third-order valence-electron chi connectivity index (χ3n) is 6.49. The Morgan fingerprint density at radius 3 is 2.40 bits per heavy atom. The highest BCUT2D eigenvalue weighted by atomic mass is 32.2. The van der Waals surface area contributed by atoms with Crippen LogP contribution in [0.4, 0.5) is 0 Å². The maximum atomic E-state index is 13.5. The molecule has 178 valence electrons. The fraction of sp³-hybridized carbons (Fsp3) is 0.241. The normalized spacial score (nSPS) is 15.6. The SMILES string of the molecule is Cc1cc(C)c(SN2Cc3ccccc3CC2C(=O)NCc2ccc(-n3cccn3)cc2)c(C)c1. The Kier molecular flexibility index (Phi) is 6.75. The molecule has 1 N–H and O–H groups in total. The van der Waals surface area contributed by atoms with Gasteiger partial charge in [0.25, 0.3) is 0 Å². The number of carbonyl (C=O) groups is 1. The lowest BCUT2D eigenvalue weighted by atomic mass is 9.95. The molecule has 6 heteroatoms. The van der Waals surface area contributed by atoms with E-state index in [2.05, 4.69) is 71.9 Å². The van der Waals surface area contributed by atoms with Gasteiger partial charge in [-0.2, -0.15) is 5.10 Å². The van der Waals surface area contributed by atoms with E-state index in [9.17, 15) is 4.79 Å². The van der Waals surface area contributed by atoms with Gasteiger partial charge in [0.15, 0.2) is 0 Å². The number of hydrogen-bond acceptors (Lipinski definition) is 4. The number of aromatic nitrogens is 2. The van der Waals surface area contributed by atoms with Crippen molar-refractivity contribution in [3.8, 4) is 5.69 Å². The van der Waals surface area contributed by atoms with Gasteiger partial charge in [-0.3, -0.25) is 4.79 Å². The van der Waals surface area contributed by atoms with Crippen molar-refractivity contribution in [2.45, 2.75) is 51.2 Å². The summed E-state index contributed by atoms with van der Waals surface area (Å²) >= 11 is 1.71. The number of nitrogens with zero attached hydrogens (tertiary/aromatic N) is 3. The van der Waals surface area contributed by atoms with Crippen LogP contribution in [0.2, 0.25) is 0 Å². The highest BCUT2D eigenvalue weighted by molar-refractivity contribution is 7.97. The van der Waals surface area contributed by atoms with Gasteiger partial charge in [-0.15, -0.1) is 0 Å². The van der Waals surface area contributed by atoms with E-state index < -0.39 is 0 Å². The largest absolute Gasteiger partial charge is 0.351 e. The van der Waals surface area contributed by atoms with Gasteiger partial charge >= 0.3 is 0 Å². The van der Waals surface area contributed by atoms with Crippen LogP contribution in [-0.4, -0.2) is 26.0 Å². The second-order valence-corrected chi connectivity index (χ2v) is 10.3. The Bertz CT molecular complexity index is 1310. The fourth-order valence-electron chi connectivity index (χ4n) is 4.74. The second kappa shape index (κ2) is 10.1. The van der Waals surface area contributed by atoms with Gasteiger partial charge in [0.1, 0.15) is 6.04 Å². The van der Waals surface area contributed by atoms with Crippen LogP contribution in [0, 0.1) is 20.8 Å². The first-order chi connectivity index (χ1) is 17.0. The molecule has 1 unspecified atom stereocenters.